The van der Waals surface area contributed by atoms with Crippen LogP contribution in [0.5, 0.6) is 0 Å². The van der Waals surface area contributed by atoms with Crippen molar-refractivity contribution in [2.45, 2.75) is 32.2 Å². The van der Waals surface area contributed by atoms with E-state index >= 15 is 0 Å². The molecule has 1 heterocycles. The van der Waals surface area contributed by atoms with Crippen molar-refractivity contribution < 1.29 is 4.79 Å². The number of amides is 1. The summed E-state index contributed by atoms with van der Waals surface area (Å²) in [6.07, 6.45) is 6.69. The Kier molecular flexibility index (Phi) is 2.75. The zero-order chi connectivity index (χ0) is 10.8. The molecule has 4 nitrogen and oxygen atoms in total. The van der Waals surface area contributed by atoms with Crippen LogP contribution in [0.3, 0.4) is 0 Å². The van der Waals surface area contributed by atoms with Crippen LogP contribution in [0.1, 0.15) is 24.1 Å². The van der Waals surface area contributed by atoms with Gasteiger partial charge in [-0.25, -0.2) is 0 Å². The Hall–Kier alpha value is -1.32. The van der Waals surface area contributed by atoms with Gasteiger partial charge in [-0.2, -0.15) is 5.10 Å². The topological polar surface area (TPSA) is 38.1 Å². The number of fused-ring (bicyclic) bond motifs is 1. The Morgan fingerprint density at radius 1 is 1.47 bits per heavy atom. The molecule has 0 saturated heterocycles. The second kappa shape index (κ2) is 4.04. The molecular formula is C11H17N3O. The van der Waals surface area contributed by atoms with Crippen molar-refractivity contribution in [3.8, 4) is 0 Å². The van der Waals surface area contributed by atoms with Crippen LogP contribution < -0.4 is 0 Å². The fourth-order valence-electron chi connectivity index (χ4n) is 1.89. The molecule has 0 spiro atoms. The first-order valence-corrected chi connectivity index (χ1v) is 5.42. The van der Waals surface area contributed by atoms with Gasteiger partial charge in [-0.3, -0.25) is 9.48 Å². The van der Waals surface area contributed by atoms with Gasteiger partial charge < -0.3 is 4.90 Å². The maximum atomic E-state index is 11.5. The van der Waals surface area contributed by atoms with E-state index in [2.05, 4.69) is 5.10 Å². The number of likely N-dealkylation sites (N-methyl/N-ethyl adjacent to an activating group) is 1. The summed E-state index contributed by atoms with van der Waals surface area (Å²) in [6.45, 7) is 0.361. The van der Waals surface area contributed by atoms with Crippen molar-refractivity contribution in [3.63, 3.8) is 0 Å². The number of carbonyl (C=O) groups is 1. The molecule has 0 fully saturated rings. The van der Waals surface area contributed by atoms with Crippen molar-refractivity contribution in [2.24, 2.45) is 0 Å². The Bertz CT molecular complexity index is 344. The third-order valence-electron chi connectivity index (χ3n) is 2.83. The van der Waals surface area contributed by atoms with Crippen LogP contribution in [-0.2, 0) is 24.2 Å². The Morgan fingerprint density at radius 2 is 2.20 bits per heavy atom. The molecule has 1 aromatic heterocycles. The molecule has 0 aliphatic heterocycles. The molecular weight excluding hydrogens is 190 g/mol. The lowest BCUT2D eigenvalue weighted by atomic mass is 9.99. The van der Waals surface area contributed by atoms with Crippen LogP contribution in [-0.4, -0.2) is 34.7 Å². The summed E-state index contributed by atoms with van der Waals surface area (Å²) in [5.41, 5.74) is 2.51. The largest absolute Gasteiger partial charge is 0.347 e. The standard InChI is InChI=1S/C11H17N3O/c1-13(2)11(15)8-14-7-9-5-3-4-6-10(9)12-14/h7H,3-6,8H2,1-2H3. The summed E-state index contributed by atoms with van der Waals surface area (Å²) in [7, 11) is 3.54. The van der Waals surface area contributed by atoms with Crippen LogP contribution >= 0.6 is 0 Å². The average Bonchev–Trinajstić information content (AvgIpc) is 2.59. The highest BCUT2D eigenvalue weighted by Crippen LogP contribution is 2.19. The number of aryl methyl sites for hydroxylation is 2. The van der Waals surface area contributed by atoms with Crippen molar-refractivity contribution in [1.29, 1.82) is 0 Å². The number of rotatable bonds is 2. The van der Waals surface area contributed by atoms with Gasteiger partial charge in [-0.05, 0) is 31.2 Å². The Labute approximate surface area is 89.9 Å². The smallest absolute Gasteiger partial charge is 0.243 e. The second-order valence-electron chi connectivity index (χ2n) is 4.29. The zero-order valence-corrected chi connectivity index (χ0v) is 9.36. The number of hydrogen-bond donors (Lipinski definition) is 0. The molecule has 0 bridgehead atoms. The number of nitrogens with zero attached hydrogens (tertiary/aromatic N) is 3. The molecule has 1 aliphatic rings. The van der Waals surface area contributed by atoms with E-state index in [1.807, 2.05) is 6.20 Å². The summed E-state index contributed by atoms with van der Waals surface area (Å²) in [5.74, 6) is 0.0925. The monoisotopic (exact) mass is 207 g/mol. The first-order chi connectivity index (χ1) is 7.16. The van der Waals surface area contributed by atoms with Crippen LogP contribution in [0, 0.1) is 0 Å². The van der Waals surface area contributed by atoms with Gasteiger partial charge in [-0.15, -0.1) is 0 Å². The van der Waals surface area contributed by atoms with Crippen LogP contribution in [0.25, 0.3) is 0 Å². The molecule has 0 saturated carbocycles. The molecule has 0 atom stereocenters. The summed E-state index contributed by atoms with van der Waals surface area (Å²) in [6, 6.07) is 0. The highest BCUT2D eigenvalue weighted by atomic mass is 16.2. The molecule has 82 valence electrons. The first-order valence-electron chi connectivity index (χ1n) is 5.42. The molecule has 0 radical (unpaired) electrons. The Balaban J connectivity index is 2.09. The second-order valence-corrected chi connectivity index (χ2v) is 4.29. The summed E-state index contributed by atoms with van der Waals surface area (Å²) >= 11 is 0. The van der Waals surface area contributed by atoms with Gasteiger partial charge in [0.05, 0.1) is 5.69 Å². The van der Waals surface area contributed by atoms with E-state index in [-0.39, 0.29) is 5.91 Å². The van der Waals surface area contributed by atoms with Crippen molar-refractivity contribution in [2.75, 3.05) is 14.1 Å². The fourth-order valence-corrected chi connectivity index (χ4v) is 1.89. The maximum Gasteiger partial charge on any atom is 0.243 e. The van der Waals surface area contributed by atoms with Crippen molar-refractivity contribution in [3.05, 3.63) is 17.5 Å². The Morgan fingerprint density at radius 3 is 2.87 bits per heavy atom. The van der Waals surface area contributed by atoms with Gasteiger partial charge in [-0.1, -0.05) is 0 Å². The fraction of sp³-hybridized carbons (Fsp3) is 0.636. The first kappa shape index (κ1) is 10.2. The van der Waals surface area contributed by atoms with Gasteiger partial charge in [0.1, 0.15) is 6.54 Å². The van der Waals surface area contributed by atoms with Crippen LogP contribution in [0.15, 0.2) is 6.20 Å². The van der Waals surface area contributed by atoms with E-state index in [0.29, 0.717) is 6.54 Å². The number of carbonyl (C=O) groups excluding carboxylic acids is 1. The van der Waals surface area contributed by atoms with E-state index in [0.717, 1.165) is 12.8 Å². The molecule has 1 aliphatic carbocycles. The predicted molar refractivity (Wildman–Crippen MR) is 57.6 cm³/mol. The molecule has 0 N–H and O–H groups in total. The lowest BCUT2D eigenvalue weighted by Crippen LogP contribution is -2.26. The SMILES string of the molecule is CN(C)C(=O)Cn1cc2c(n1)CCCC2. The van der Waals surface area contributed by atoms with Crippen molar-refractivity contribution in [1.82, 2.24) is 14.7 Å². The van der Waals surface area contributed by atoms with Crippen LogP contribution in [0.2, 0.25) is 0 Å². The van der Waals surface area contributed by atoms with E-state index in [1.165, 1.54) is 24.1 Å². The normalized spacial score (nSPS) is 14.8. The van der Waals surface area contributed by atoms with Crippen LogP contribution in [0.4, 0.5) is 0 Å². The molecule has 4 heteroatoms. The molecule has 0 aromatic carbocycles. The number of hydrogen-bond acceptors (Lipinski definition) is 2. The molecule has 1 amide bonds. The quantitative estimate of drug-likeness (QED) is 0.721. The van der Waals surface area contributed by atoms with E-state index in [9.17, 15) is 4.79 Å². The highest BCUT2D eigenvalue weighted by Gasteiger charge is 2.14. The minimum absolute atomic E-state index is 0.0925. The van der Waals surface area contributed by atoms with Crippen molar-refractivity contribution >= 4 is 5.91 Å². The third-order valence-corrected chi connectivity index (χ3v) is 2.83. The highest BCUT2D eigenvalue weighted by molar-refractivity contribution is 5.75. The summed E-state index contributed by atoms with van der Waals surface area (Å²) in [5, 5.41) is 4.44. The summed E-state index contributed by atoms with van der Waals surface area (Å²) < 4.78 is 1.78. The maximum absolute atomic E-state index is 11.5. The zero-order valence-electron chi connectivity index (χ0n) is 9.36. The van der Waals surface area contributed by atoms with Gasteiger partial charge in [0.15, 0.2) is 0 Å². The average molecular weight is 207 g/mol. The minimum atomic E-state index is 0.0925. The predicted octanol–water partition coefficient (Wildman–Crippen LogP) is 0.850. The van der Waals surface area contributed by atoms with Gasteiger partial charge in [0.25, 0.3) is 0 Å². The van der Waals surface area contributed by atoms with Gasteiger partial charge in [0, 0.05) is 20.3 Å². The number of aromatic nitrogens is 2. The third kappa shape index (κ3) is 2.19. The molecule has 0 unspecified atom stereocenters. The van der Waals surface area contributed by atoms with Gasteiger partial charge >= 0.3 is 0 Å². The summed E-state index contributed by atoms with van der Waals surface area (Å²) in [4.78, 5) is 13.1. The van der Waals surface area contributed by atoms with E-state index in [1.54, 1.807) is 23.7 Å². The van der Waals surface area contributed by atoms with Gasteiger partial charge in [0.2, 0.25) is 5.91 Å². The van der Waals surface area contributed by atoms with E-state index in [4.69, 9.17) is 0 Å². The molecule has 15 heavy (non-hydrogen) atoms. The molecule has 1 aromatic rings. The van der Waals surface area contributed by atoms with E-state index < -0.39 is 0 Å². The lowest BCUT2D eigenvalue weighted by molar-refractivity contribution is -0.129. The molecule has 2 rings (SSSR count). The minimum Gasteiger partial charge on any atom is -0.347 e. The lowest BCUT2D eigenvalue weighted by Gasteiger charge is -2.09.